The summed E-state index contributed by atoms with van der Waals surface area (Å²) in [7, 11) is 0. The average Bonchev–Trinajstić information content (AvgIpc) is 2.30. The van der Waals surface area contributed by atoms with E-state index in [1.807, 2.05) is 0 Å². The van der Waals surface area contributed by atoms with Gasteiger partial charge in [-0.2, -0.15) is 13.2 Å². The van der Waals surface area contributed by atoms with E-state index in [1.54, 1.807) is 6.07 Å². The van der Waals surface area contributed by atoms with Gasteiger partial charge in [0.2, 0.25) is 5.54 Å². The Labute approximate surface area is 113 Å². The lowest BCUT2D eigenvalue weighted by Crippen LogP contribution is -2.56. The number of para-hydroxylation sites is 1. The van der Waals surface area contributed by atoms with Crippen LogP contribution in [0.1, 0.15) is 13.8 Å². The second kappa shape index (κ2) is 5.69. The molecule has 1 aromatic carbocycles. The number of hydrogen-bond donors (Lipinski definition) is 1. The SMILES string of the molecule is CCOC(=O)C(C)(Nc1ccccc1Cl)C(F)(F)F. The molecule has 1 aromatic rings. The number of hydrogen-bond acceptors (Lipinski definition) is 3. The molecule has 0 aliphatic heterocycles. The Hall–Kier alpha value is -1.43. The Morgan fingerprint density at radius 1 is 1.37 bits per heavy atom. The molecule has 0 radical (unpaired) electrons. The van der Waals surface area contributed by atoms with E-state index in [1.165, 1.54) is 25.1 Å². The first-order chi connectivity index (χ1) is 8.72. The van der Waals surface area contributed by atoms with Crippen molar-refractivity contribution in [1.29, 1.82) is 0 Å². The molecule has 0 aromatic heterocycles. The van der Waals surface area contributed by atoms with Crippen molar-refractivity contribution in [2.75, 3.05) is 11.9 Å². The highest BCUT2D eigenvalue weighted by Gasteiger charge is 2.58. The summed E-state index contributed by atoms with van der Waals surface area (Å²) in [5.74, 6) is -1.40. The zero-order valence-electron chi connectivity index (χ0n) is 10.3. The molecule has 0 heterocycles. The fourth-order valence-electron chi connectivity index (χ4n) is 1.34. The average molecular weight is 296 g/mol. The third kappa shape index (κ3) is 3.32. The van der Waals surface area contributed by atoms with Gasteiger partial charge in [-0.25, -0.2) is 4.79 Å². The fourth-order valence-corrected chi connectivity index (χ4v) is 1.53. The first-order valence-corrected chi connectivity index (χ1v) is 5.87. The van der Waals surface area contributed by atoms with E-state index in [-0.39, 0.29) is 17.3 Å². The van der Waals surface area contributed by atoms with Gasteiger partial charge in [0.25, 0.3) is 0 Å². The zero-order valence-corrected chi connectivity index (χ0v) is 11.1. The fraction of sp³-hybridized carbons (Fsp3) is 0.417. The summed E-state index contributed by atoms with van der Waals surface area (Å²) in [6.07, 6.45) is -4.82. The zero-order chi connectivity index (χ0) is 14.7. The van der Waals surface area contributed by atoms with Crippen molar-refractivity contribution in [2.24, 2.45) is 0 Å². The largest absolute Gasteiger partial charge is 0.464 e. The quantitative estimate of drug-likeness (QED) is 0.862. The summed E-state index contributed by atoms with van der Waals surface area (Å²) in [4.78, 5) is 11.6. The van der Waals surface area contributed by atoms with Crippen LogP contribution in [0, 0.1) is 0 Å². The highest BCUT2D eigenvalue weighted by atomic mass is 35.5. The maximum absolute atomic E-state index is 13.1. The number of benzene rings is 1. The Morgan fingerprint density at radius 3 is 2.42 bits per heavy atom. The first kappa shape index (κ1) is 15.6. The summed E-state index contributed by atoms with van der Waals surface area (Å²) in [5, 5.41) is 2.20. The molecule has 19 heavy (non-hydrogen) atoms. The van der Waals surface area contributed by atoms with Crippen LogP contribution in [0.15, 0.2) is 24.3 Å². The van der Waals surface area contributed by atoms with Gasteiger partial charge in [-0.3, -0.25) is 0 Å². The Kier molecular flexibility index (Phi) is 4.68. The molecule has 0 bridgehead atoms. The molecule has 1 rings (SSSR count). The molecule has 106 valence electrons. The van der Waals surface area contributed by atoms with Crippen molar-refractivity contribution >= 4 is 23.3 Å². The lowest BCUT2D eigenvalue weighted by Gasteiger charge is -2.31. The van der Waals surface area contributed by atoms with Crippen molar-refractivity contribution in [2.45, 2.75) is 25.6 Å². The second-order valence-corrected chi connectivity index (χ2v) is 4.36. The molecule has 0 amide bonds. The third-order valence-electron chi connectivity index (χ3n) is 2.51. The third-order valence-corrected chi connectivity index (χ3v) is 2.84. The standard InChI is InChI=1S/C12H13ClF3NO2/c1-3-19-10(18)11(2,12(14,15)16)17-9-7-5-4-6-8(9)13/h4-7,17H,3H2,1-2H3. The van der Waals surface area contributed by atoms with E-state index in [0.29, 0.717) is 6.92 Å². The van der Waals surface area contributed by atoms with E-state index in [9.17, 15) is 18.0 Å². The number of esters is 1. The molecule has 1 N–H and O–H groups in total. The maximum atomic E-state index is 13.1. The number of rotatable bonds is 4. The van der Waals surface area contributed by atoms with Crippen molar-refractivity contribution in [3.05, 3.63) is 29.3 Å². The summed E-state index contributed by atoms with van der Waals surface area (Å²) >= 11 is 5.78. The van der Waals surface area contributed by atoms with Crippen LogP contribution in [-0.2, 0) is 9.53 Å². The molecule has 0 saturated carbocycles. The number of carbonyl (C=O) groups excluding carboxylic acids is 1. The number of halogens is 4. The molecule has 0 fully saturated rings. The van der Waals surface area contributed by atoms with Crippen LogP contribution < -0.4 is 5.32 Å². The van der Waals surface area contributed by atoms with Crippen molar-refractivity contribution in [3.63, 3.8) is 0 Å². The van der Waals surface area contributed by atoms with Crippen molar-refractivity contribution in [1.82, 2.24) is 0 Å². The van der Waals surface area contributed by atoms with E-state index < -0.39 is 17.7 Å². The van der Waals surface area contributed by atoms with Crippen LogP contribution in [0.2, 0.25) is 5.02 Å². The highest BCUT2D eigenvalue weighted by molar-refractivity contribution is 6.33. The summed E-state index contributed by atoms with van der Waals surface area (Å²) in [5.41, 5.74) is -2.84. The van der Waals surface area contributed by atoms with E-state index in [0.717, 1.165) is 0 Å². The van der Waals surface area contributed by atoms with Gasteiger partial charge in [0.05, 0.1) is 17.3 Å². The maximum Gasteiger partial charge on any atom is 0.422 e. The number of carbonyl (C=O) groups is 1. The molecule has 0 aliphatic rings. The number of nitrogens with one attached hydrogen (secondary N) is 1. The second-order valence-electron chi connectivity index (χ2n) is 3.95. The monoisotopic (exact) mass is 295 g/mol. The molecule has 1 unspecified atom stereocenters. The number of ether oxygens (including phenoxy) is 1. The van der Waals surface area contributed by atoms with Crippen LogP contribution in [0.5, 0.6) is 0 Å². The predicted octanol–water partition coefficient (Wildman–Crippen LogP) is 3.64. The van der Waals surface area contributed by atoms with Gasteiger partial charge in [0.15, 0.2) is 0 Å². The smallest absolute Gasteiger partial charge is 0.422 e. The van der Waals surface area contributed by atoms with Crippen LogP contribution in [0.4, 0.5) is 18.9 Å². The number of anilines is 1. The normalized spacial score (nSPS) is 14.6. The van der Waals surface area contributed by atoms with Gasteiger partial charge in [0, 0.05) is 0 Å². The minimum absolute atomic E-state index is 0.0112. The van der Waals surface area contributed by atoms with Crippen molar-refractivity contribution < 1.29 is 22.7 Å². The summed E-state index contributed by atoms with van der Waals surface area (Å²) in [6.45, 7) is 2.01. The minimum Gasteiger partial charge on any atom is -0.464 e. The highest BCUT2D eigenvalue weighted by Crippen LogP contribution is 2.36. The van der Waals surface area contributed by atoms with Crippen LogP contribution in [-0.4, -0.2) is 24.3 Å². The summed E-state index contributed by atoms with van der Waals surface area (Å²) in [6, 6.07) is 5.86. The Bertz CT molecular complexity index is 465. The van der Waals surface area contributed by atoms with Gasteiger partial charge in [-0.05, 0) is 26.0 Å². The van der Waals surface area contributed by atoms with E-state index in [2.05, 4.69) is 10.1 Å². The molecule has 1 atom stereocenters. The molecule has 0 aliphatic carbocycles. The predicted molar refractivity (Wildman–Crippen MR) is 66.2 cm³/mol. The lowest BCUT2D eigenvalue weighted by molar-refractivity contribution is -0.196. The lowest BCUT2D eigenvalue weighted by atomic mass is 10.0. The van der Waals surface area contributed by atoms with Gasteiger partial charge >= 0.3 is 12.1 Å². The topological polar surface area (TPSA) is 38.3 Å². The molecule has 7 heteroatoms. The Balaban J connectivity index is 3.13. The van der Waals surface area contributed by atoms with E-state index >= 15 is 0 Å². The van der Waals surface area contributed by atoms with Gasteiger partial charge in [-0.1, -0.05) is 23.7 Å². The Morgan fingerprint density at radius 2 is 1.95 bits per heavy atom. The number of alkyl halides is 3. The minimum atomic E-state index is -4.82. The summed E-state index contributed by atoms with van der Waals surface area (Å²) < 4.78 is 43.7. The van der Waals surface area contributed by atoms with Gasteiger partial charge < -0.3 is 10.1 Å². The van der Waals surface area contributed by atoms with Crippen LogP contribution in [0.3, 0.4) is 0 Å². The van der Waals surface area contributed by atoms with Crippen LogP contribution in [0.25, 0.3) is 0 Å². The van der Waals surface area contributed by atoms with E-state index in [4.69, 9.17) is 11.6 Å². The molecule has 3 nitrogen and oxygen atoms in total. The van der Waals surface area contributed by atoms with Gasteiger partial charge in [0.1, 0.15) is 0 Å². The molecular weight excluding hydrogens is 283 g/mol. The molecule has 0 spiro atoms. The first-order valence-electron chi connectivity index (χ1n) is 5.49. The molecular formula is C12H13ClF3NO2. The van der Waals surface area contributed by atoms with Crippen molar-refractivity contribution in [3.8, 4) is 0 Å². The van der Waals surface area contributed by atoms with Crippen LogP contribution >= 0.6 is 11.6 Å². The molecule has 0 saturated heterocycles. The van der Waals surface area contributed by atoms with Gasteiger partial charge in [-0.15, -0.1) is 0 Å².